The smallest absolute Gasteiger partial charge is 0.241 e. The highest BCUT2D eigenvalue weighted by Gasteiger charge is 2.21. The summed E-state index contributed by atoms with van der Waals surface area (Å²) < 4.78 is 0. The van der Waals surface area contributed by atoms with Gasteiger partial charge in [0.2, 0.25) is 11.8 Å². The van der Waals surface area contributed by atoms with Crippen LogP contribution in [-0.4, -0.2) is 36.3 Å². The zero-order valence-electron chi connectivity index (χ0n) is 14.2. The average molecular weight is 415 g/mol. The molecule has 0 unspecified atom stereocenters. The maximum absolute atomic E-state index is 12.4. The lowest BCUT2D eigenvalue weighted by atomic mass is 10.2. The summed E-state index contributed by atoms with van der Waals surface area (Å²) in [6.45, 7) is 1.72. The van der Waals surface area contributed by atoms with Gasteiger partial charge in [-0.3, -0.25) is 14.5 Å². The van der Waals surface area contributed by atoms with Crippen molar-refractivity contribution >= 4 is 58.0 Å². The quantitative estimate of drug-likeness (QED) is 0.729. The Morgan fingerprint density at radius 1 is 1.00 bits per heavy atom. The first kappa shape index (κ1) is 20.5. The van der Waals surface area contributed by atoms with Gasteiger partial charge < -0.3 is 10.6 Å². The van der Waals surface area contributed by atoms with Crippen molar-refractivity contribution in [3.8, 4) is 0 Å². The molecule has 0 heterocycles. The number of benzene rings is 2. The third-order valence-electron chi connectivity index (χ3n) is 3.77. The van der Waals surface area contributed by atoms with Gasteiger partial charge in [0.05, 0.1) is 34.0 Å². The van der Waals surface area contributed by atoms with Crippen molar-refractivity contribution in [3.05, 3.63) is 57.5 Å². The molecule has 0 saturated heterocycles. The highest BCUT2D eigenvalue weighted by atomic mass is 35.5. The van der Waals surface area contributed by atoms with E-state index in [1.807, 2.05) is 0 Å². The summed E-state index contributed by atoms with van der Waals surface area (Å²) in [5, 5.41) is 6.72. The van der Waals surface area contributed by atoms with Crippen molar-refractivity contribution < 1.29 is 9.59 Å². The minimum absolute atomic E-state index is 0.0220. The standard InChI is InChI=1S/C18H18Cl3N3O2/c1-11(18(26)23-16-8-7-12(19)9-14(16)21)24(2)10-17(25)22-15-6-4-3-5-13(15)20/h3-9,11H,10H2,1-2H3,(H,22,25)(H,23,26)/t11-/m0/s1. The molecule has 2 amide bonds. The zero-order chi connectivity index (χ0) is 19.3. The summed E-state index contributed by atoms with van der Waals surface area (Å²) >= 11 is 17.9. The van der Waals surface area contributed by atoms with Crippen LogP contribution in [0.3, 0.4) is 0 Å². The number of anilines is 2. The van der Waals surface area contributed by atoms with Crippen LogP contribution >= 0.6 is 34.8 Å². The second-order valence-corrected chi connectivity index (χ2v) is 6.98. The number of halogens is 3. The number of rotatable bonds is 6. The topological polar surface area (TPSA) is 61.4 Å². The van der Waals surface area contributed by atoms with Crippen molar-refractivity contribution in [1.29, 1.82) is 0 Å². The van der Waals surface area contributed by atoms with Crippen molar-refractivity contribution in [2.24, 2.45) is 0 Å². The van der Waals surface area contributed by atoms with Gasteiger partial charge in [0, 0.05) is 5.02 Å². The SMILES string of the molecule is C[C@@H](C(=O)Nc1ccc(Cl)cc1Cl)N(C)CC(=O)Nc1ccccc1Cl. The lowest BCUT2D eigenvalue weighted by molar-refractivity contribution is -0.122. The summed E-state index contributed by atoms with van der Waals surface area (Å²) in [5.74, 6) is -0.563. The first-order valence-corrected chi connectivity index (χ1v) is 8.92. The minimum Gasteiger partial charge on any atom is -0.324 e. The van der Waals surface area contributed by atoms with Gasteiger partial charge in [0.15, 0.2) is 0 Å². The molecule has 1 atom stereocenters. The van der Waals surface area contributed by atoms with Crippen LogP contribution in [0.5, 0.6) is 0 Å². The number of nitrogens with one attached hydrogen (secondary N) is 2. The number of hydrogen-bond donors (Lipinski definition) is 2. The molecule has 5 nitrogen and oxygen atoms in total. The van der Waals surface area contributed by atoms with Crippen LogP contribution in [0.4, 0.5) is 11.4 Å². The molecule has 0 fully saturated rings. The van der Waals surface area contributed by atoms with Gasteiger partial charge >= 0.3 is 0 Å². The van der Waals surface area contributed by atoms with Crippen LogP contribution in [0, 0.1) is 0 Å². The summed E-state index contributed by atoms with van der Waals surface area (Å²) in [6.07, 6.45) is 0. The number of nitrogens with zero attached hydrogens (tertiary/aromatic N) is 1. The maximum Gasteiger partial charge on any atom is 0.241 e. The van der Waals surface area contributed by atoms with Gasteiger partial charge in [-0.25, -0.2) is 0 Å². The fraction of sp³-hybridized carbons (Fsp3) is 0.222. The fourth-order valence-electron chi connectivity index (χ4n) is 2.14. The lowest BCUT2D eigenvalue weighted by Gasteiger charge is -2.23. The first-order chi connectivity index (χ1) is 12.3. The van der Waals surface area contributed by atoms with Gasteiger partial charge in [-0.05, 0) is 44.3 Å². The normalized spacial score (nSPS) is 11.9. The molecule has 2 rings (SSSR count). The van der Waals surface area contributed by atoms with Crippen molar-refractivity contribution in [2.45, 2.75) is 13.0 Å². The summed E-state index contributed by atoms with van der Waals surface area (Å²) in [5.41, 5.74) is 0.986. The molecule has 0 bridgehead atoms. The van der Waals surface area contributed by atoms with Crippen LogP contribution in [0.15, 0.2) is 42.5 Å². The molecule has 2 aromatic rings. The van der Waals surface area contributed by atoms with E-state index in [1.54, 1.807) is 61.3 Å². The summed E-state index contributed by atoms with van der Waals surface area (Å²) in [4.78, 5) is 26.2. The average Bonchev–Trinajstić information content (AvgIpc) is 2.58. The monoisotopic (exact) mass is 413 g/mol. The van der Waals surface area contributed by atoms with Crippen LogP contribution in [0.2, 0.25) is 15.1 Å². The Balaban J connectivity index is 1.93. The molecule has 138 valence electrons. The van der Waals surface area contributed by atoms with Gasteiger partial charge in [-0.1, -0.05) is 46.9 Å². The molecule has 2 aromatic carbocycles. The Bertz CT molecular complexity index is 814. The minimum atomic E-state index is -0.557. The number of hydrogen-bond acceptors (Lipinski definition) is 3. The fourth-order valence-corrected chi connectivity index (χ4v) is 2.78. The number of carbonyl (C=O) groups is 2. The van der Waals surface area contributed by atoms with E-state index in [0.29, 0.717) is 26.4 Å². The van der Waals surface area contributed by atoms with Crippen molar-refractivity contribution in [3.63, 3.8) is 0 Å². The van der Waals surface area contributed by atoms with E-state index in [2.05, 4.69) is 10.6 Å². The Morgan fingerprint density at radius 2 is 1.65 bits per heavy atom. The van der Waals surface area contributed by atoms with Gasteiger partial charge in [0.1, 0.15) is 0 Å². The van der Waals surface area contributed by atoms with E-state index in [1.165, 1.54) is 0 Å². The van der Waals surface area contributed by atoms with Crippen molar-refractivity contribution in [2.75, 3.05) is 24.2 Å². The molecule has 0 saturated carbocycles. The van der Waals surface area contributed by atoms with E-state index < -0.39 is 6.04 Å². The number of likely N-dealkylation sites (N-methyl/N-ethyl adjacent to an activating group) is 1. The van der Waals surface area contributed by atoms with Gasteiger partial charge in [-0.2, -0.15) is 0 Å². The predicted molar refractivity (Wildman–Crippen MR) is 107 cm³/mol. The lowest BCUT2D eigenvalue weighted by Crippen LogP contribution is -2.43. The molecule has 0 aliphatic rings. The molecule has 0 spiro atoms. The van der Waals surface area contributed by atoms with Crippen LogP contribution in [0.1, 0.15) is 6.92 Å². The largest absolute Gasteiger partial charge is 0.324 e. The van der Waals surface area contributed by atoms with Crippen LogP contribution < -0.4 is 10.6 Å². The third kappa shape index (κ3) is 5.61. The van der Waals surface area contributed by atoms with Crippen LogP contribution in [0.25, 0.3) is 0 Å². The molecule has 0 aliphatic carbocycles. The number of amides is 2. The predicted octanol–water partition coefficient (Wildman–Crippen LogP) is 4.54. The van der Waals surface area contributed by atoms with E-state index in [-0.39, 0.29) is 18.4 Å². The molecular weight excluding hydrogens is 397 g/mol. The first-order valence-electron chi connectivity index (χ1n) is 7.78. The highest BCUT2D eigenvalue weighted by Crippen LogP contribution is 2.25. The molecule has 26 heavy (non-hydrogen) atoms. The molecule has 0 aromatic heterocycles. The molecule has 0 radical (unpaired) electrons. The second-order valence-electron chi connectivity index (χ2n) is 5.73. The summed E-state index contributed by atoms with van der Waals surface area (Å²) in [6, 6.07) is 11.2. The number of carbonyl (C=O) groups excluding carboxylic acids is 2. The second kappa shape index (κ2) is 9.24. The summed E-state index contributed by atoms with van der Waals surface area (Å²) in [7, 11) is 1.68. The van der Waals surface area contributed by atoms with Gasteiger partial charge in [-0.15, -0.1) is 0 Å². The zero-order valence-corrected chi connectivity index (χ0v) is 16.5. The molecular formula is C18H18Cl3N3O2. The number of para-hydroxylation sites is 1. The highest BCUT2D eigenvalue weighted by molar-refractivity contribution is 6.36. The van der Waals surface area contributed by atoms with Gasteiger partial charge in [0.25, 0.3) is 0 Å². The molecule has 8 heteroatoms. The van der Waals surface area contributed by atoms with Crippen LogP contribution in [-0.2, 0) is 9.59 Å². The molecule has 2 N–H and O–H groups in total. The van der Waals surface area contributed by atoms with E-state index in [9.17, 15) is 9.59 Å². The Labute approximate surface area is 167 Å². The van der Waals surface area contributed by atoms with E-state index in [0.717, 1.165) is 0 Å². The third-order valence-corrected chi connectivity index (χ3v) is 4.65. The van der Waals surface area contributed by atoms with E-state index in [4.69, 9.17) is 34.8 Å². The Kier molecular flexibility index (Phi) is 7.29. The maximum atomic E-state index is 12.4. The Morgan fingerprint density at radius 3 is 2.31 bits per heavy atom. The van der Waals surface area contributed by atoms with Crippen molar-refractivity contribution in [1.82, 2.24) is 4.90 Å². The Hall–Kier alpha value is -1.79. The molecule has 0 aliphatic heterocycles. The van der Waals surface area contributed by atoms with E-state index >= 15 is 0 Å².